The van der Waals surface area contributed by atoms with Crippen LogP contribution in [0.25, 0.3) is 0 Å². The number of rotatable bonds is 13. The van der Waals surface area contributed by atoms with Crippen LogP contribution in [0.4, 0.5) is 0 Å². The van der Waals surface area contributed by atoms with Crippen LogP contribution in [0.15, 0.2) is 60.1 Å². The third-order valence-corrected chi connectivity index (χ3v) is 10.3. The molecule has 14 heteroatoms. The van der Waals surface area contributed by atoms with Crippen molar-refractivity contribution in [1.29, 1.82) is 5.41 Å². The third kappa shape index (κ3) is 9.12. The molecular weight excluding hydrogens is 673 g/mol. The Morgan fingerprint density at radius 2 is 1.90 bits per heavy atom. The highest BCUT2D eigenvalue weighted by Crippen LogP contribution is 2.26. The normalized spacial score (nSPS) is 18.9. The molecule has 5 rings (SSSR count). The average Bonchev–Trinajstić information content (AvgIpc) is 3.62. The van der Waals surface area contributed by atoms with Gasteiger partial charge in [-0.3, -0.25) is 24.6 Å². The van der Waals surface area contributed by atoms with Gasteiger partial charge in [-0.2, -0.15) is 0 Å². The van der Waals surface area contributed by atoms with Gasteiger partial charge in [0.2, 0.25) is 23.5 Å². The number of thiazole rings is 1. The minimum Gasteiger partial charge on any atom is -0.370 e. The maximum Gasteiger partial charge on any atom is 0.246 e. The van der Waals surface area contributed by atoms with Crippen LogP contribution in [0.2, 0.25) is 10.0 Å². The summed E-state index contributed by atoms with van der Waals surface area (Å²) in [4.78, 5) is 63.6. The maximum atomic E-state index is 13.9. The fraction of sp³-hybridized carbons (Fsp3) is 0.412. The van der Waals surface area contributed by atoms with Crippen LogP contribution in [0, 0.1) is 11.3 Å². The second-order valence-electron chi connectivity index (χ2n) is 12.2. The van der Waals surface area contributed by atoms with Gasteiger partial charge in [-0.25, -0.2) is 4.98 Å². The van der Waals surface area contributed by atoms with Crippen LogP contribution in [0.1, 0.15) is 46.6 Å². The number of piperazine rings is 1. The number of aromatic nitrogens is 1. The fourth-order valence-electron chi connectivity index (χ4n) is 6.37. The molecule has 3 aromatic rings. The van der Waals surface area contributed by atoms with Crippen molar-refractivity contribution in [3.8, 4) is 0 Å². The van der Waals surface area contributed by atoms with Crippen LogP contribution in [0.5, 0.6) is 0 Å². The van der Waals surface area contributed by atoms with Gasteiger partial charge in [0.15, 0.2) is 11.0 Å². The van der Waals surface area contributed by atoms with Gasteiger partial charge in [0, 0.05) is 37.6 Å². The lowest BCUT2D eigenvalue weighted by molar-refractivity contribution is -0.157. The van der Waals surface area contributed by atoms with E-state index in [0.717, 1.165) is 24.8 Å². The lowest BCUT2D eigenvalue weighted by Crippen LogP contribution is -2.62. The number of nitrogens with two attached hydrogens (primary N) is 1. The number of hydrogen-bond acceptors (Lipinski definition) is 7. The molecule has 3 amide bonds. The van der Waals surface area contributed by atoms with Crippen molar-refractivity contribution >= 4 is 64.0 Å². The molecule has 0 spiro atoms. The van der Waals surface area contributed by atoms with E-state index in [1.54, 1.807) is 33.4 Å². The lowest BCUT2D eigenvalue weighted by atomic mass is 9.90. The minimum atomic E-state index is -0.957. The van der Waals surface area contributed by atoms with Gasteiger partial charge in [-0.15, -0.1) is 11.3 Å². The number of halogens is 2. The predicted molar refractivity (Wildman–Crippen MR) is 186 cm³/mol. The number of Topliss-reactive ketones (excluding diaryl/α,β-unsaturated/α-hetero) is 1. The smallest absolute Gasteiger partial charge is 0.246 e. The van der Waals surface area contributed by atoms with Crippen molar-refractivity contribution < 1.29 is 19.2 Å². The van der Waals surface area contributed by atoms with Crippen molar-refractivity contribution in [1.82, 2.24) is 25.0 Å². The van der Waals surface area contributed by atoms with Crippen molar-refractivity contribution in [3.05, 3.63) is 86.3 Å². The second kappa shape index (κ2) is 16.4. The Labute approximate surface area is 293 Å². The van der Waals surface area contributed by atoms with Gasteiger partial charge in [0.25, 0.3) is 0 Å². The summed E-state index contributed by atoms with van der Waals surface area (Å²) in [6.07, 6.45) is 5.03. The third-order valence-electron chi connectivity index (χ3n) is 8.81. The summed E-state index contributed by atoms with van der Waals surface area (Å²) in [6, 6.07) is 13.1. The Hall–Kier alpha value is -4.00. The minimum absolute atomic E-state index is 0.00176. The molecule has 2 aromatic carbocycles. The summed E-state index contributed by atoms with van der Waals surface area (Å²) in [5.74, 6) is -1.52. The first kappa shape index (κ1) is 35.3. The highest BCUT2D eigenvalue weighted by atomic mass is 35.5. The number of ketones is 1. The van der Waals surface area contributed by atoms with Gasteiger partial charge in [0.1, 0.15) is 12.6 Å². The van der Waals surface area contributed by atoms with Crippen molar-refractivity contribution in [2.75, 3.05) is 32.7 Å². The topological polar surface area (TPSA) is 153 Å². The largest absolute Gasteiger partial charge is 0.370 e. The lowest BCUT2D eigenvalue weighted by Gasteiger charge is -2.40. The quantitative estimate of drug-likeness (QED) is 0.138. The molecule has 3 atom stereocenters. The molecule has 2 saturated heterocycles. The Bertz CT molecular complexity index is 1620. The number of guanidine groups is 1. The number of aryl methyl sites for hydroxylation is 1. The molecule has 0 unspecified atom stereocenters. The Morgan fingerprint density at radius 3 is 2.60 bits per heavy atom. The van der Waals surface area contributed by atoms with Crippen molar-refractivity contribution in [2.45, 2.75) is 50.6 Å². The SMILES string of the molecule is N=C(N)N1CCC[C@@H](C[C@H](NC(=O)CN2C(=O)CN(CCCc3ccccc3)C(=O)[C@H]2Cc2ccc(Cl)c(Cl)c2)C(=O)c2nccs2)C1. The van der Waals surface area contributed by atoms with Gasteiger partial charge in [-0.1, -0.05) is 59.6 Å². The van der Waals surface area contributed by atoms with E-state index in [9.17, 15) is 19.2 Å². The number of nitrogens with one attached hydrogen (secondary N) is 2. The van der Waals surface area contributed by atoms with E-state index in [-0.39, 0.29) is 47.4 Å². The Balaban J connectivity index is 1.32. The summed E-state index contributed by atoms with van der Waals surface area (Å²) in [5.41, 5.74) is 7.57. The summed E-state index contributed by atoms with van der Waals surface area (Å²) >= 11 is 13.6. The Morgan fingerprint density at radius 1 is 1.10 bits per heavy atom. The standard InChI is InChI=1S/C34H39Cl2N7O4S/c35-25-11-10-23(16-26(25)36)18-28-33(47)41(13-4-8-22-6-2-1-3-7-22)21-30(45)43(28)20-29(44)40-27(31(46)32-39-12-15-48-32)17-24-9-5-14-42(19-24)34(37)38/h1-3,6-7,10-12,15-16,24,27-28H,4-5,8-9,13-14,17-21H2,(H3,37,38)(H,40,44)/t24-,27-,28+/m0/s1. The zero-order valence-corrected chi connectivity index (χ0v) is 28.8. The molecule has 0 aliphatic carbocycles. The van der Waals surface area contributed by atoms with Crippen LogP contribution in [0.3, 0.4) is 0 Å². The molecule has 3 heterocycles. The molecule has 4 N–H and O–H groups in total. The van der Waals surface area contributed by atoms with E-state index in [4.69, 9.17) is 34.3 Å². The molecule has 48 heavy (non-hydrogen) atoms. The van der Waals surface area contributed by atoms with Gasteiger partial charge in [-0.05, 0) is 61.3 Å². The zero-order valence-electron chi connectivity index (χ0n) is 26.4. The molecule has 1 aromatic heterocycles. The molecule has 2 aliphatic heterocycles. The van der Waals surface area contributed by atoms with E-state index in [1.807, 2.05) is 30.3 Å². The zero-order chi connectivity index (χ0) is 34.2. The van der Waals surface area contributed by atoms with E-state index in [2.05, 4.69) is 10.3 Å². The molecular formula is C34H39Cl2N7O4S. The van der Waals surface area contributed by atoms with Crippen LogP contribution in [-0.4, -0.2) is 94.0 Å². The first-order valence-electron chi connectivity index (χ1n) is 16.0. The fourth-order valence-corrected chi connectivity index (χ4v) is 7.32. The number of amides is 3. The Kier molecular flexibility index (Phi) is 12.1. The van der Waals surface area contributed by atoms with Gasteiger partial charge >= 0.3 is 0 Å². The summed E-state index contributed by atoms with van der Waals surface area (Å²) in [6.45, 7) is 1.000. The van der Waals surface area contributed by atoms with Gasteiger partial charge in [0.05, 0.1) is 22.6 Å². The van der Waals surface area contributed by atoms with Crippen molar-refractivity contribution in [3.63, 3.8) is 0 Å². The molecule has 2 aliphatic rings. The summed E-state index contributed by atoms with van der Waals surface area (Å²) < 4.78 is 0. The number of carbonyl (C=O) groups is 4. The number of likely N-dealkylation sites (tertiary alicyclic amines) is 1. The second-order valence-corrected chi connectivity index (χ2v) is 13.9. The molecule has 254 valence electrons. The molecule has 0 saturated carbocycles. The summed E-state index contributed by atoms with van der Waals surface area (Å²) in [5, 5.41) is 13.4. The van der Waals surface area contributed by atoms with Crippen LogP contribution < -0.4 is 11.1 Å². The first-order chi connectivity index (χ1) is 23.1. The number of nitrogens with zero attached hydrogens (tertiary/aromatic N) is 4. The van der Waals surface area contributed by atoms with E-state index in [0.29, 0.717) is 48.1 Å². The first-order valence-corrected chi connectivity index (χ1v) is 17.6. The van der Waals surface area contributed by atoms with Crippen LogP contribution >= 0.6 is 34.5 Å². The highest BCUT2D eigenvalue weighted by molar-refractivity contribution is 7.11. The van der Waals surface area contributed by atoms with E-state index >= 15 is 0 Å². The monoisotopic (exact) mass is 711 g/mol. The van der Waals surface area contributed by atoms with Gasteiger partial charge < -0.3 is 25.8 Å². The van der Waals surface area contributed by atoms with Crippen molar-refractivity contribution in [2.24, 2.45) is 11.7 Å². The molecule has 2 fully saturated rings. The number of piperidine rings is 1. The van der Waals surface area contributed by atoms with Crippen LogP contribution in [-0.2, 0) is 27.2 Å². The summed E-state index contributed by atoms with van der Waals surface area (Å²) in [7, 11) is 0. The van der Waals surface area contributed by atoms with E-state index < -0.39 is 24.5 Å². The average molecular weight is 713 g/mol. The number of benzene rings is 2. The molecule has 0 bridgehead atoms. The predicted octanol–water partition coefficient (Wildman–Crippen LogP) is 4.03. The van der Waals surface area contributed by atoms with E-state index in [1.165, 1.54) is 22.4 Å². The number of hydrogen-bond donors (Lipinski definition) is 3. The highest BCUT2D eigenvalue weighted by Gasteiger charge is 2.40. The molecule has 11 nitrogen and oxygen atoms in total. The molecule has 0 radical (unpaired) electrons. The maximum absolute atomic E-state index is 13.9. The number of carbonyl (C=O) groups excluding carboxylic acids is 4.